The lowest BCUT2D eigenvalue weighted by atomic mass is 10.1. The second kappa shape index (κ2) is 8.14. The van der Waals surface area contributed by atoms with Crippen molar-refractivity contribution in [2.24, 2.45) is 0 Å². The summed E-state index contributed by atoms with van der Waals surface area (Å²) in [5.41, 5.74) is 3.46. The van der Waals surface area contributed by atoms with Gasteiger partial charge in [-0.2, -0.15) is 0 Å². The van der Waals surface area contributed by atoms with E-state index < -0.39 is 10.0 Å². The Morgan fingerprint density at radius 2 is 1.90 bits per heavy atom. The van der Waals surface area contributed by atoms with Gasteiger partial charge in [-0.1, -0.05) is 6.07 Å². The molecule has 1 aliphatic carbocycles. The van der Waals surface area contributed by atoms with Crippen LogP contribution >= 0.6 is 0 Å². The van der Waals surface area contributed by atoms with E-state index in [0.29, 0.717) is 17.2 Å². The minimum Gasteiger partial charge on any atom is -0.493 e. The number of carbonyl (C=O) groups is 1. The number of anilines is 1. The van der Waals surface area contributed by atoms with E-state index in [1.54, 1.807) is 38.6 Å². The smallest absolute Gasteiger partial charge is 0.240 e. The Morgan fingerprint density at radius 3 is 2.61 bits per heavy atom. The highest BCUT2D eigenvalue weighted by Crippen LogP contribution is 2.39. The SMILES string of the molecule is COc1cc2c(cc1OC)[C@H](NC(=O)Cn1ccc3c(NS(C)(=O)=O)cccc31)CC2. The summed E-state index contributed by atoms with van der Waals surface area (Å²) in [6.07, 6.45) is 4.56. The number of amides is 1. The van der Waals surface area contributed by atoms with Gasteiger partial charge in [-0.25, -0.2) is 8.42 Å². The van der Waals surface area contributed by atoms with Gasteiger partial charge in [0.25, 0.3) is 0 Å². The third-order valence-corrected chi connectivity index (χ3v) is 6.07. The summed E-state index contributed by atoms with van der Waals surface area (Å²) in [6, 6.07) is 10.9. The van der Waals surface area contributed by atoms with Crippen LogP contribution in [-0.4, -0.2) is 39.4 Å². The van der Waals surface area contributed by atoms with E-state index in [9.17, 15) is 13.2 Å². The highest BCUT2D eigenvalue weighted by Gasteiger charge is 2.26. The van der Waals surface area contributed by atoms with Crippen LogP contribution in [0.3, 0.4) is 0 Å². The van der Waals surface area contributed by atoms with Crippen LogP contribution in [0.1, 0.15) is 23.6 Å². The quantitative estimate of drug-likeness (QED) is 0.585. The first-order valence-electron chi connectivity index (χ1n) is 9.89. The standard InChI is InChI=1S/C22H25N3O5S/c1-29-20-11-14-7-8-17(16(14)12-21(20)30-2)23-22(26)13-25-10-9-15-18(24-31(3,27)28)5-4-6-19(15)25/h4-6,9-12,17,24H,7-8,13H2,1-3H3,(H,23,26)/t17-/m1/s1. The normalized spacial score (nSPS) is 15.5. The lowest BCUT2D eigenvalue weighted by Gasteiger charge is -2.17. The van der Waals surface area contributed by atoms with Crippen molar-refractivity contribution in [3.63, 3.8) is 0 Å². The van der Waals surface area contributed by atoms with E-state index in [1.807, 2.05) is 22.8 Å². The van der Waals surface area contributed by atoms with E-state index >= 15 is 0 Å². The van der Waals surface area contributed by atoms with E-state index in [-0.39, 0.29) is 18.5 Å². The predicted molar refractivity (Wildman–Crippen MR) is 119 cm³/mol. The summed E-state index contributed by atoms with van der Waals surface area (Å²) < 4.78 is 38.3. The fraction of sp³-hybridized carbons (Fsp3) is 0.318. The van der Waals surface area contributed by atoms with E-state index in [0.717, 1.165) is 41.1 Å². The van der Waals surface area contributed by atoms with E-state index in [2.05, 4.69) is 10.0 Å². The first kappa shape index (κ1) is 21.0. The van der Waals surface area contributed by atoms with Crippen LogP contribution in [0.2, 0.25) is 0 Å². The monoisotopic (exact) mass is 443 g/mol. The van der Waals surface area contributed by atoms with Crippen molar-refractivity contribution >= 4 is 32.5 Å². The third kappa shape index (κ3) is 4.32. The summed E-state index contributed by atoms with van der Waals surface area (Å²) in [6.45, 7) is 0.130. The molecule has 164 valence electrons. The molecular formula is C22H25N3O5S. The number of carbonyl (C=O) groups excluding carboxylic acids is 1. The van der Waals surface area contributed by atoms with Crippen LogP contribution in [0.4, 0.5) is 5.69 Å². The maximum atomic E-state index is 12.8. The van der Waals surface area contributed by atoms with Gasteiger partial charge in [0.1, 0.15) is 6.54 Å². The maximum Gasteiger partial charge on any atom is 0.240 e. The van der Waals surface area contributed by atoms with E-state index in [1.165, 1.54) is 0 Å². The number of aromatic nitrogens is 1. The Labute approximate surface area is 181 Å². The number of ether oxygens (including phenoxy) is 2. The molecule has 2 aromatic carbocycles. The largest absolute Gasteiger partial charge is 0.493 e. The van der Waals surface area contributed by atoms with Crippen molar-refractivity contribution in [2.45, 2.75) is 25.4 Å². The lowest BCUT2D eigenvalue weighted by molar-refractivity contribution is -0.122. The zero-order chi connectivity index (χ0) is 22.2. The summed E-state index contributed by atoms with van der Waals surface area (Å²) in [7, 11) is -0.193. The molecule has 0 radical (unpaired) electrons. The van der Waals surface area contributed by atoms with Crippen LogP contribution in [0, 0.1) is 0 Å². The topological polar surface area (TPSA) is 98.7 Å². The number of nitrogens with one attached hydrogen (secondary N) is 2. The van der Waals surface area contributed by atoms with Gasteiger partial charge in [-0.3, -0.25) is 9.52 Å². The number of sulfonamides is 1. The van der Waals surface area contributed by atoms with Crippen molar-refractivity contribution in [2.75, 3.05) is 25.2 Å². The van der Waals surface area contributed by atoms with Gasteiger partial charge in [0, 0.05) is 11.6 Å². The van der Waals surface area contributed by atoms with Crippen LogP contribution in [-0.2, 0) is 27.8 Å². The molecule has 2 N–H and O–H groups in total. The van der Waals surface area contributed by atoms with Gasteiger partial charge >= 0.3 is 0 Å². The van der Waals surface area contributed by atoms with Crippen molar-refractivity contribution in [3.8, 4) is 11.5 Å². The molecule has 1 heterocycles. The minimum atomic E-state index is -3.40. The van der Waals surface area contributed by atoms with Crippen LogP contribution in [0.5, 0.6) is 11.5 Å². The molecule has 1 atom stereocenters. The van der Waals surface area contributed by atoms with Crippen LogP contribution < -0.4 is 19.5 Å². The number of methoxy groups -OCH3 is 2. The molecule has 1 aliphatic rings. The Balaban J connectivity index is 1.52. The molecule has 0 unspecified atom stereocenters. The Morgan fingerprint density at radius 1 is 1.16 bits per heavy atom. The molecular weight excluding hydrogens is 418 g/mol. The number of hydrogen-bond acceptors (Lipinski definition) is 5. The van der Waals surface area contributed by atoms with Crippen LogP contribution in [0.25, 0.3) is 10.9 Å². The average molecular weight is 444 g/mol. The van der Waals surface area contributed by atoms with Crippen LogP contribution in [0.15, 0.2) is 42.6 Å². The molecule has 0 aliphatic heterocycles. The van der Waals surface area contributed by atoms with Gasteiger partial charge < -0.3 is 19.4 Å². The molecule has 0 saturated carbocycles. The Bertz CT molecular complexity index is 1250. The summed E-state index contributed by atoms with van der Waals surface area (Å²) in [4.78, 5) is 12.8. The van der Waals surface area contributed by atoms with Crippen molar-refractivity contribution in [3.05, 3.63) is 53.7 Å². The summed E-state index contributed by atoms with van der Waals surface area (Å²) >= 11 is 0. The minimum absolute atomic E-state index is 0.0911. The molecule has 4 rings (SSSR count). The predicted octanol–water partition coefficient (Wildman–Crippen LogP) is 2.83. The Hall–Kier alpha value is -3.20. The molecule has 0 saturated heterocycles. The molecule has 0 bridgehead atoms. The van der Waals surface area contributed by atoms with E-state index in [4.69, 9.17) is 9.47 Å². The number of aryl methyl sites for hydroxylation is 1. The molecule has 9 heteroatoms. The van der Waals surface area contributed by atoms with Gasteiger partial charge in [0.15, 0.2) is 11.5 Å². The first-order chi connectivity index (χ1) is 14.8. The summed E-state index contributed by atoms with van der Waals surface area (Å²) in [5.74, 6) is 1.21. The number of rotatable bonds is 7. The molecule has 1 amide bonds. The molecule has 3 aromatic rings. The van der Waals surface area contributed by atoms with Crippen molar-refractivity contribution < 1.29 is 22.7 Å². The molecule has 8 nitrogen and oxygen atoms in total. The number of nitrogens with zero attached hydrogens (tertiary/aromatic N) is 1. The lowest BCUT2D eigenvalue weighted by Crippen LogP contribution is -2.30. The van der Waals surface area contributed by atoms with Gasteiger partial charge in [0.2, 0.25) is 15.9 Å². The van der Waals surface area contributed by atoms with Crippen molar-refractivity contribution in [1.29, 1.82) is 0 Å². The van der Waals surface area contributed by atoms with Gasteiger partial charge in [-0.15, -0.1) is 0 Å². The third-order valence-electron chi connectivity index (χ3n) is 5.48. The Kier molecular flexibility index (Phi) is 5.53. The zero-order valence-electron chi connectivity index (χ0n) is 17.6. The highest BCUT2D eigenvalue weighted by atomic mass is 32.2. The second-order valence-corrected chi connectivity index (χ2v) is 9.37. The molecule has 1 aromatic heterocycles. The van der Waals surface area contributed by atoms with Gasteiger partial charge in [0.05, 0.1) is 37.7 Å². The molecule has 0 spiro atoms. The first-order valence-corrected chi connectivity index (χ1v) is 11.8. The summed E-state index contributed by atoms with van der Waals surface area (Å²) in [5, 5.41) is 3.85. The number of fused-ring (bicyclic) bond motifs is 2. The van der Waals surface area contributed by atoms with Gasteiger partial charge in [-0.05, 0) is 54.3 Å². The maximum absolute atomic E-state index is 12.8. The van der Waals surface area contributed by atoms with Crippen molar-refractivity contribution in [1.82, 2.24) is 9.88 Å². The fourth-order valence-electron chi connectivity index (χ4n) is 4.13. The number of hydrogen-bond donors (Lipinski definition) is 2. The zero-order valence-corrected chi connectivity index (χ0v) is 18.5. The highest BCUT2D eigenvalue weighted by molar-refractivity contribution is 7.92. The molecule has 31 heavy (non-hydrogen) atoms. The second-order valence-electron chi connectivity index (χ2n) is 7.62. The fourth-order valence-corrected chi connectivity index (χ4v) is 4.71. The average Bonchev–Trinajstić information content (AvgIpc) is 3.30. The molecule has 0 fully saturated rings. The number of benzene rings is 2.